The van der Waals surface area contributed by atoms with Gasteiger partial charge in [-0.25, -0.2) is 8.42 Å². The van der Waals surface area contributed by atoms with Crippen molar-refractivity contribution in [1.29, 1.82) is 0 Å². The van der Waals surface area contributed by atoms with Crippen LogP contribution >= 0.6 is 23.2 Å². The molecule has 0 spiro atoms. The van der Waals surface area contributed by atoms with Gasteiger partial charge < -0.3 is 14.6 Å². The maximum absolute atomic E-state index is 13.0. The van der Waals surface area contributed by atoms with Crippen LogP contribution in [0.4, 0.5) is 0 Å². The molecule has 0 unspecified atom stereocenters. The Hall–Kier alpha value is -2.26. The number of aromatic amines is 1. The largest absolute Gasteiger partial charge is 0.497 e. The summed E-state index contributed by atoms with van der Waals surface area (Å²) in [5, 5.41) is 1.05. The van der Waals surface area contributed by atoms with Crippen LogP contribution in [0, 0.1) is 0 Å². The van der Waals surface area contributed by atoms with Crippen LogP contribution in [-0.2, 0) is 10.0 Å². The van der Waals surface area contributed by atoms with Gasteiger partial charge in [0.05, 0.1) is 17.2 Å². The molecule has 0 saturated carbocycles. The fraction of sp³-hybridized carbons (Fsp3) is 0.250. The molecule has 1 saturated heterocycles. The van der Waals surface area contributed by atoms with E-state index in [-0.39, 0.29) is 47.0 Å². The summed E-state index contributed by atoms with van der Waals surface area (Å²) in [5.41, 5.74) is 1.25. The van der Waals surface area contributed by atoms with E-state index in [0.717, 1.165) is 10.9 Å². The highest BCUT2D eigenvalue weighted by Crippen LogP contribution is 2.32. The number of rotatable bonds is 4. The van der Waals surface area contributed by atoms with Crippen LogP contribution in [0.15, 0.2) is 47.4 Å². The third-order valence-corrected chi connectivity index (χ3v) is 7.96. The van der Waals surface area contributed by atoms with Crippen molar-refractivity contribution in [3.8, 4) is 5.75 Å². The zero-order valence-corrected chi connectivity index (χ0v) is 18.4. The van der Waals surface area contributed by atoms with Crippen LogP contribution < -0.4 is 4.74 Å². The SMILES string of the molecule is COc1ccc2cc(C(=O)N3CCN(S(=O)(=O)c4c(Cl)cccc4Cl)CC3)[nH]c2c1. The number of carbonyl (C=O) groups excluding carboxylic acids is 1. The fourth-order valence-corrected chi connectivity index (χ4v) is 6.02. The summed E-state index contributed by atoms with van der Waals surface area (Å²) in [7, 11) is -2.27. The van der Waals surface area contributed by atoms with Gasteiger partial charge >= 0.3 is 0 Å². The van der Waals surface area contributed by atoms with Crippen molar-refractivity contribution in [1.82, 2.24) is 14.2 Å². The predicted octanol–water partition coefficient (Wildman–Crippen LogP) is 3.63. The summed E-state index contributed by atoms with van der Waals surface area (Å²) in [6, 6.07) is 11.9. The second kappa shape index (κ2) is 8.11. The van der Waals surface area contributed by atoms with E-state index < -0.39 is 10.0 Å². The molecule has 1 fully saturated rings. The average molecular weight is 468 g/mol. The van der Waals surface area contributed by atoms with Gasteiger partial charge in [0, 0.05) is 43.1 Å². The van der Waals surface area contributed by atoms with Crippen molar-refractivity contribution in [2.24, 2.45) is 0 Å². The second-order valence-corrected chi connectivity index (χ2v) is 9.57. The van der Waals surface area contributed by atoms with E-state index in [9.17, 15) is 13.2 Å². The van der Waals surface area contributed by atoms with Crippen LogP contribution in [0.3, 0.4) is 0 Å². The Kier molecular flexibility index (Phi) is 5.67. The summed E-state index contributed by atoms with van der Waals surface area (Å²) in [4.78, 5) is 17.6. The van der Waals surface area contributed by atoms with Crippen molar-refractivity contribution < 1.29 is 17.9 Å². The minimum Gasteiger partial charge on any atom is -0.497 e. The molecular formula is C20H19Cl2N3O4S. The van der Waals surface area contributed by atoms with Crippen molar-refractivity contribution in [3.05, 3.63) is 58.2 Å². The standard InChI is InChI=1S/C20H19Cl2N3O4S/c1-29-14-6-5-13-11-18(23-17(13)12-14)20(26)24-7-9-25(10-8-24)30(27,28)19-15(21)3-2-4-16(19)22/h2-6,11-12,23H,7-10H2,1H3. The number of amides is 1. The van der Waals surface area contributed by atoms with Gasteiger partial charge in [-0.1, -0.05) is 29.3 Å². The minimum atomic E-state index is -3.86. The number of sulfonamides is 1. The first-order valence-electron chi connectivity index (χ1n) is 9.21. The van der Waals surface area contributed by atoms with Crippen LogP contribution in [0.25, 0.3) is 10.9 Å². The number of hydrogen-bond donors (Lipinski definition) is 1. The van der Waals surface area contributed by atoms with Crippen molar-refractivity contribution >= 4 is 50.0 Å². The zero-order valence-electron chi connectivity index (χ0n) is 16.1. The lowest BCUT2D eigenvalue weighted by Crippen LogP contribution is -2.50. The lowest BCUT2D eigenvalue weighted by molar-refractivity contribution is 0.0693. The number of methoxy groups -OCH3 is 1. The molecule has 0 atom stereocenters. The van der Waals surface area contributed by atoms with E-state index in [1.165, 1.54) is 16.4 Å². The normalized spacial score (nSPS) is 15.5. The number of ether oxygens (including phenoxy) is 1. The third-order valence-electron chi connectivity index (χ3n) is 5.10. The van der Waals surface area contributed by atoms with Crippen LogP contribution in [0.2, 0.25) is 10.0 Å². The van der Waals surface area contributed by atoms with Crippen molar-refractivity contribution in [3.63, 3.8) is 0 Å². The molecule has 1 amide bonds. The number of hydrogen-bond acceptors (Lipinski definition) is 4. The van der Waals surface area contributed by atoms with E-state index in [1.54, 1.807) is 24.1 Å². The first-order chi connectivity index (χ1) is 14.3. The monoisotopic (exact) mass is 467 g/mol. The fourth-order valence-electron chi connectivity index (χ4n) is 3.51. The van der Waals surface area contributed by atoms with Gasteiger partial charge in [0.2, 0.25) is 10.0 Å². The van der Waals surface area contributed by atoms with Gasteiger partial charge in [0.15, 0.2) is 0 Å². The Bertz CT molecular complexity index is 1200. The number of benzene rings is 2. The molecule has 2 aromatic carbocycles. The van der Waals surface area contributed by atoms with E-state index in [2.05, 4.69) is 4.98 Å². The molecule has 1 N–H and O–H groups in total. The van der Waals surface area contributed by atoms with E-state index in [4.69, 9.17) is 27.9 Å². The summed E-state index contributed by atoms with van der Waals surface area (Å²) in [5.74, 6) is 0.512. The lowest BCUT2D eigenvalue weighted by atomic mass is 10.2. The quantitative estimate of drug-likeness (QED) is 0.634. The highest BCUT2D eigenvalue weighted by molar-refractivity contribution is 7.89. The molecule has 4 rings (SSSR count). The highest BCUT2D eigenvalue weighted by atomic mass is 35.5. The predicted molar refractivity (Wildman–Crippen MR) is 116 cm³/mol. The Labute approximate surface area is 184 Å². The first kappa shape index (κ1) is 21.0. The number of halogens is 2. The molecule has 0 aliphatic carbocycles. The van der Waals surface area contributed by atoms with E-state index >= 15 is 0 Å². The lowest BCUT2D eigenvalue weighted by Gasteiger charge is -2.34. The molecule has 1 aliphatic rings. The molecule has 10 heteroatoms. The molecule has 0 bridgehead atoms. The smallest absolute Gasteiger partial charge is 0.270 e. The molecule has 3 aromatic rings. The van der Waals surface area contributed by atoms with Crippen LogP contribution in [0.1, 0.15) is 10.5 Å². The van der Waals surface area contributed by atoms with Crippen LogP contribution in [-0.4, -0.2) is 61.8 Å². The number of nitrogens with one attached hydrogen (secondary N) is 1. The first-order valence-corrected chi connectivity index (χ1v) is 11.4. The summed E-state index contributed by atoms with van der Waals surface area (Å²) >= 11 is 12.2. The third kappa shape index (κ3) is 3.76. The maximum Gasteiger partial charge on any atom is 0.270 e. The van der Waals surface area contributed by atoms with Gasteiger partial charge in [-0.2, -0.15) is 4.31 Å². The topological polar surface area (TPSA) is 82.7 Å². The van der Waals surface area contributed by atoms with Crippen molar-refractivity contribution in [2.45, 2.75) is 4.90 Å². The molecule has 1 aliphatic heterocycles. The molecule has 158 valence electrons. The average Bonchev–Trinajstić information content (AvgIpc) is 3.16. The number of H-pyrrole nitrogens is 1. The summed E-state index contributed by atoms with van der Waals surface area (Å²) in [6.45, 7) is 0.838. The number of nitrogens with zero attached hydrogens (tertiary/aromatic N) is 2. The second-order valence-electron chi connectivity index (χ2n) is 6.88. The number of fused-ring (bicyclic) bond motifs is 1. The molecule has 1 aromatic heterocycles. The molecule has 2 heterocycles. The Morgan fingerprint density at radius 2 is 1.70 bits per heavy atom. The maximum atomic E-state index is 13.0. The van der Waals surface area contributed by atoms with Crippen molar-refractivity contribution in [2.75, 3.05) is 33.3 Å². The molecule has 0 radical (unpaired) electrons. The van der Waals surface area contributed by atoms with Gasteiger partial charge in [0.25, 0.3) is 5.91 Å². The highest BCUT2D eigenvalue weighted by Gasteiger charge is 2.33. The Morgan fingerprint density at radius 1 is 1.03 bits per heavy atom. The van der Waals surface area contributed by atoms with Gasteiger partial charge in [0.1, 0.15) is 16.3 Å². The molecular weight excluding hydrogens is 449 g/mol. The Morgan fingerprint density at radius 3 is 2.33 bits per heavy atom. The Balaban J connectivity index is 1.50. The van der Waals surface area contributed by atoms with E-state index in [1.807, 2.05) is 18.2 Å². The number of aromatic nitrogens is 1. The summed E-state index contributed by atoms with van der Waals surface area (Å²) < 4.78 is 32.5. The zero-order chi connectivity index (χ0) is 21.5. The van der Waals surface area contributed by atoms with Gasteiger partial charge in [-0.05, 0) is 30.3 Å². The van der Waals surface area contributed by atoms with Gasteiger partial charge in [-0.15, -0.1) is 0 Å². The van der Waals surface area contributed by atoms with Gasteiger partial charge in [-0.3, -0.25) is 4.79 Å². The minimum absolute atomic E-state index is 0.0782. The number of carbonyl (C=O) groups is 1. The summed E-state index contributed by atoms with van der Waals surface area (Å²) in [6.07, 6.45) is 0. The molecule has 7 nitrogen and oxygen atoms in total. The number of piperazine rings is 1. The van der Waals surface area contributed by atoms with Crippen LogP contribution in [0.5, 0.6) is 5.75 Å². The molecule has 30 heavy (non-hydrogen) atoms. The van der Waals surface area contributed by atoms with E-state index in [0.29, 0.717) is 11.4 Å².